The van der Waals surface area contributed by atoms with Crippen molar-refractivity contribution in [1.82, 2.24) is 9.47 Å². The highest BCUT2D eigenvalue weighted by Crippen LogP contribution is 2.30. The number of hydrogen-bond acceptors (Lipinski definition) is 3. The zero-order chi connectivity index (χ0) is 24.6. The van der Waals surface area contributed by atoms with Crippen LogP contribution in [-0.2, 0) is 21.5 Å². The molecule has 1 aromatic heterocycles. The number of nitriles is 1. The van der Waals surface area contributed by atoms with E-state index in [0.29, 0.717) is 17.7 Å². The molecule has 0 N–H and O–H groups in total. The molecule has 0 fully saturated rings. The van der Waals surface area contributed by atoms with Crippen LogP contribution in [0, 0.1) is 11.3 Å². The largest absolute Gasteiger partial charge is 0.343 e. The Bertz CT molecular complexity index is 1410. The first-order chi connectivity index (χ1) is 16.1. The lowest BCUT2D eigenvalue weighted by molar-refractivity contribution is -0.140. The first kappa shape index (κ1) is 23.3. The van der Waals surface area contributed by atoms with Gasteiger partial charge in [-0.15, -0.1) is 0 Å². The van der Waals surface area contributed by atoms with Crippen LogP contribution in [0.1, 0.15) is 51.4 Å². The van der Waals surface area contributed by atoms with Crippen molar-refractivity contribution in [2.75, 3.05) is 6.54 Å². The normalized spacial score (nSPS) is 16.0. The minimum Gasteiger partial charge on any atom is -0.343 e. The highest BCUT2D eigenvalue weighted by Gasteiger charge is 2.34. The van der Waals surface area contributed by atoms with E-state index in [2.05, 4.69) is 67.9 Å². The smallest absolute Gasteiger partial charge is 0.271 e. The second-order valence-electron chi connectivity index (χ2n) is 9.74. The number of fused-ring (bicyclic) bond motifs is 1. The van der Waals surface area contributed by atoms with Gasteiger partial charge in [0, 0.05) is 30.6 Å². The van der Waals surface area contributed by atoms with Gasteiger partial charge in [0.15, 0.2) is 0 Å². The molecule has 2 aromatic carbocycles. The molecule has 34 heavy (non-hydrogen) atoms. The lowest BCUT2D eigenvalue weighted by Crippen LogP contribution is -2.42. The third-order valence-electron chi connectivity index (χ3n) is 6.40. The Morgan fingerprint density at radius 3 is 2.35 bits per heavy atom. The number of hydrogen-bond donors (Lipinski definition) is 0. The van der Waals surface area contributed by atoms with Gasteiger partial charge in [-0.2, -0.15) is 5.26 Å². The average Bonchev–Trinajstić information content (AvgIpc) is 3.20. The van der Waals surface area contributed by atoms with Crippen molar-refractivity contribution in [3.8, 4) is 6.07 Å². The number of carbonyl (C=O) groups excluding carboxylic acids is 2. The maximum Gasteiger partial charge on any atom is 0.271 e. The van der Waals surface area contributed by atoms with Crippen molar-refractivity contribution < 1.29 is 9.59 Å². The Morgan fingerprint density at radius 2 is 1.71 bits per heavy atom. The Hall–Kier alpha value is -3.91. The Labute approximate surface area is 200 Å². The van der Waals surface area contributed by atoms with Crippen LogP contribution < -0.4 is 0 Å². The van der Waals surface area contributed by atoms with E-state index in [1.54, 1.807) is 13.8 Å². The summed E-state index contributed by atoms with van der Waals surface area (Å²) in [6, 6.07) is 18.8. The lowest BCUT2D eigenvalue weighted by Gasteiger charge is -2.26. The minimum absolute atomic E-state index is 0.0244. The summed E-state index contributed by atoms with van der Waals surface area (Å²) in [4.78, 5) is 26.8. The quantitative estimate of drug-likeness (QED) is 0.383. The van der Waals surface area contributed by atoms with Crippen LogP contribution >= 0.6 is 0 Å². The maximum atomic E-state index is 13.1. The van der Waals surface area contributed by atoms with Gasteiger partial charge in [0.1, 0.15) is 11.6 Å². The SMILES string of the molecule is CCN1C(=O)C(C#N)=C(C)/C(=C/c2cc(C(C)(C)C)cn2Cc2ccc3ccccc3c2)C1=O. The molecule has 0 unspecified atom stereocenters. The van der Waals surface area contributed by atoms with Crippen LogP contribution in [-0.4, -0.2) is 27.8 Å². The van der Waals surface area contributed by atoms with E-state index in [1.165, 1.54) is 10.8 Å². The molecule has 2 amide bonds. The van der Waals surface area contributed by atoms with Gasteiger partial charge in [0.25, 0.3) is 11.8 Å². The predicted molar refractivity (Wildman–Crippen MR) is 135 cm³/mol. The number of nitrogens with zero attached hydrogens (tertiary/aromatic N) is 3. The molecule has 0 radical (unpaired) electrons. The van der Waals surface area contributed by atoms with Crippen molar-refractivity contribution in [1.29, 1.82) is 5.26 Å². The first-order valence-corrected chi connectivity index (χ1v) is 11.5. The number of benzene rings is 2. The Balaban J connectivity index is 1.84. The number of aromatic nitrogens is 1. The summed E-state index contributed by atoms with van der Waals surface area (Å²) in [6.45, 7) is 10.7. The van der Waals surface area contributed by atoms with Gasteiger partial charge in [-0.1, -0.05) is 57.2 Å². The van der Waals surface area contributed by atoms with E-state index in [9.17, 15) is 14.9 Å². The molecule has 0 aliphatic carbocycles. The number of amides is 2. The molecule has 5 nitrogen and oxygen atoms in total. The monoisotopic (exact) mass is 451 g/mol. The van der Waals surface area contributed by atoms with Gasteiger partial charge in [-0.25, -0.2) is 0 Å². The van der Waals surface area contributed by atoms with Crippen LogP contribution in [0.25, 0.3) is 16.8 Å². The fraction of sp³-hybridized carbons (Fsp3) is 0.276. The number of carbonyl (C=O) groups is 2. The fourth-order valence-electron chi connectivity index (χ4n) is 4.29. The van der Waals surface area contributed by atoms with E-state index in [1.807, 2.05) is 24.3 Å². The third kappa shape index (κ3) is 4.20. The van der Waals surface area contributed by atoms with Crippen molar-refractivity contribution in [2.45, 2.75) is 46.6 Å². The molecule has 172 valence electrons. The fourth-order valence-corrected chi connectivity index (χ4v) is 4.29. The first-order valence-electron chi connectivity index (χ1n) is 11.5. The topological polar surface area (TPSA) is 66.1 Å². The van der Waals surface area contributed by atoms with Crippen molar-refractivity contribution in [2.24, 2.45) is 0 Å². The van der Waals surface area contributed by atoms with Gasteiger partial charge < -0.3 is 4.57 Å². The molecule has 0 bridgehead atoms. The molecule has 0 spiro atoms. The lowest BCUT2D eigenvalue weighted by atomic mass is 9.89. The third-order valence-corrected chi connectivity index (χ3v) is 6.40. The van der Waals surface area contributed by atoms with E-state index in [4.69, 9.17) is 0 Å². The van der Waals surface area contributed by atoms with E-state index < -0.39 is 5.91 Å². The van der Waals surface area contributed by atoms with Crippen molar-refractivity contribution in [3.63, 3.8) is 0 Å². The second kappa shape index (κ2) is 8.79. The molecule has 3 aromatic rings. The molecular formula is C29H29N3O2. The van der Waals surface area contributed by atoms with Crippen LogP contribution in [0.4, 0.5) is 0 Å². The maximum absolute atomic E-state index is 13.1. The molecule has 0 saturated carbocycles. The van der Waals surface area contributed by atoms with Gasteiger partial charge >= 0.3 is 0 Å². The van der Waals surface area contributed by atoms with Crippen molar-refractivity contribution >= 4 is 28.7 Å². The van der Waals surface area contributed by atoms with Gasteiger partial charge in [-0.05, 0) is 64.9 Å². The molecule has 0 saturated heterocycles. The highest BCUT2D eigenvalue weighted by atomic mass is 16.2. The predicted octanol–water partition coefficient (Wildman–Crippen LogP) is 5.60. The van der Waals surface area contributed by atoms with Crippen LogP contribution in [0.2, 0.25) is 0 Å². The second-order valence-corrected chi connectivity index (χ2v) is 9.74. The summed E-state index contributed by atoms with van der Waals surface area (Å²) >= 11 is 0. The van der Waals surface area contributed by atoms with E-state index in [-0.39, 0.29) is 23.4 Å². The molecule has 1 aliphatic rings. The molecule has 1 aliphatic heterocycles. The number of likely N-dealkylation sites (N-methyl/N-ethyl adjacent to an activating group) is 1. The highest BCUT2D eigenvalue weighted by molar-refractivity contribution is 6.19. The zero-order valence-electron chi connectivity index (χ0n) is 20.3. The number of imide groups is 1. The average molecular weight is 452 g/mol. The summed E-state index contributed by atoms with van der Waals surface area (Å²) in [7, 11) is 0. The zero-order valence-corrected chi connectivity index (χ0v) is 20.3. The molecule has 4 rings (SSSR count). The van der Waals surface area contributed by atoms with Gasteiger partial charge in [0.05, 0.1) is 0 Å². The van der Waals surface area contributed by atoms with Crippen LogP contribution in [0.15, 0.2) is 71.4 Å². The molecule has 2 heterocycles. The Morgan fingerprint density at radius 1 is 1.00 bits per heavy atom. The van der Waals surface area contributed by atoms with E-state index >= 15 is 0 Å². The summed E-state index contributed by atoms with van der Waals surface area (Å²) in [5.74, 6) is -0.883. The minimum atomic E-state index is -0.522. The Kier molecular flexibility index (Phi) is 6.01. The van der Waals surface area contributed by atoms with Crippen LogP contribution in [0.5, 0.6) is 0 Å². The van der Waals surface area contributed by atoms with Gasteiger partial charge in [0.2, 0.25) is 0 Å². The molecule has 0 atom stereocenters. The summed E-state index contributed by atoms with van der Waals surface area (Å²) in [5.41, 5.74) is 3.93. The summed E-state index contributed by atoms with van der Waals surface area (Å²) in [6.07, 6.45) is 3.95. The van der Waals surface area contributed by atoms with Gasteiger partial charge in [-0.3, -0.25) is 14.5 Å². The van der Waals surface area contributed by atoms with Crippen molar-refractivity contribution in [3.05, 3.63) is 88.3 Å². The molecular weight excluding hydrogens is 422 g/mol. The summed E-state index contributed by atoms with van der Waals surface area (Å²) < 4.78 is 2.14. The molecule has 5 heteroatoms. The standard InChI is InChI=1S/C29H29N3O2/c1-6-32-27(33)25(19(2)26(16-30)28(32)34)15-24-14-23(29(3,4)5)18-31(24)17-20-11-12-21-9-7-8-10-22(21)13-20/h7-15,18H,6,17H2,1-5H3/b25-15-. The van der Waals surface area contributed by atoms with Crippen LogP contribution in [0.3, 0.4) is 0 Å². The van der Waals surface area contributed by atoms with E-state index in [0.717, 1.165) is 21.7 Å². The number of rotatable bonds is 4. The summed E-state index contributed by atoms with van der Waals surface area (Å²) in [5, 5.41) is 11.9.